The number of aryl methyl sites for hydroxylation is 2. The van der Waals surface area contributed by atoms with Crippen LogP contribution in [0.25, 0.3) is 0 Å². The number of benzene rings is 2. The van der Waals surface area contributed by atoms with Crippen molar-refractivity contribution in [3.8, 4) is 11.5 Å². The average Bonchev–Trinajstić information content (AvgIpc) is 2.56. The van der Waals surface area contributed by atoms with E-state index in [1.54, 1.807) is 6.21 Å². The van der Waals surface area contributed by atoms with Crippen molar-refractivity contribution in [2.45, 2.75) is 20.8 Å². The summed E-state index contributed by atoms with van der Waals surface area (Å²) in [7, 11) is 0. The number of rotatable bonds is 7. The number of amides is 1. The van der Waals surface area contributed by atoms with E-state index < -0.39 is 0 Å². The Labute approximate surface area is 156 Å². The Hall–Kier alpha value is -2.34. The lowest BCUT2D eigenvalue weighted by Gasteiger charge is -2.11. The molecular formula is C19H21BrN2O3. The lowest BCUT2D eigenvalue weighted by molar-refractivity contribution is -0.123. The average molecular weight is 405 g/mol. The Morgan fingerprint density at radius 2 is 1.92 bits per heavy atom. The van der Waals surface area contributed by atoms with Crippen molar-refractivity contribution in [3.63, 3.8) is 0 Å². The molecule has 2 rings (SSSR count). The molecule has 1 N–H and O–H groups in total. The molecule has 2 aromatic carbocycles. The number of halogens is 1. The lowest BCUT2D eigenvalue weighted by Crippen LogP contribution is -2.24. The van der Waals surface area contributed by atoms with Gasteiger partial charge in [-0.25, -0.2) is 5.43 Å². The number of carbonyl (C=O) groups is 1. The zero-order chi connectivity index (χ0) is 18.2. The van der Waals surface area contributed by atoms with Crippen molar-refractivity contribution in [1.29, 1.82) is 0 Å². The molecule has 0 radical (unpaired) electrons. The number of nitrogens with zero attached hydrogens (tertiary/aromatic N) is 1. The SMILES string of the molecule is CCOc1ccc(/C=N\NC(=O)COc2c(C)cc(C)cc2Br)cc1. The van der Waals surface area contributed by atoms with Gasteiger partial charge in [0.05, 0.1) is 17.3 Å². The highest BCUT2D eigenvalue weighted by molar-refractivity contribution is 9.10. The monoisotopic (exact) mass is 404 g/mol. The van der Waals surface area contributed by atoms with Gasteiger partial charge in [0, 0.05) is 0 Å². The van der Waals surface area contributed by atoms with Crippen LogP contribution in [-0.4, -0.2) is 25.3 Å². The van der Waals surface area contributed by atoms with Crippen molar-refractivity contribution in [2.24, 2.45) is 5.10 Å². The number of hydrogen-bond acceptors (Lipinski definition) is 4. The van der Waals surface area contributed by atoms with Crippen molar-refractivity contribution in [3.05, 3.63) is 57.6 Å². The summed E-state index contributed by atoms with van der Waals surface area (Å²) in [5.41, 5.74) is 5.41. The molecule has 0 spiro atoms. The molecule has 0 fully saturated rings. The second kappa shape index (κ2) is 9.22. The minimum Gasteiger partial charge on any atom is -0.494 e. The first-order valence-electron chi connectivity index (χ1n) is 7.94. The van der Waals surface area contributed by atoms with Gasteiger partial charge in [-0.1, -0.05) is 6.07 Å². The standard InChI is InChI=1S/C19H21BrN2O3/c1-4-24-16-7-5-15(6-8-16)11-21-22-18(23)12-25-19-14(3)9-13(2)10-17(19)20/h5-11H,4,12H2,1-3H3,(H,22,23)/b21-11-. The smallest absolute Gasteiger partial charge is 0.277 e. The van der Waals surface area contributed by atoms with E-state index in [-0.39, 0.29) is 12.5 Å². The van der Waals surface area contributed by atoms with Crippen LogP contribution < -0.4 is 14.9 Å². The third-order valence-corrected chi connectivity index (χ3v) is 3.90. The minimum atomic E-state index is -0.325. The fourth-order valence-corrected chi connectivity index (χ4v) is 3.04. The van der Waals surface area contributed by atoms with Gasteiger partial charge in [-0.3, -0.25) is 4.79 Å². The molecule has 0 aliphatic rings. The molecule has 0 aliphatic heterocycles. The van der Waals surface area contributed by atoms with Crippen molar-refractivity contribution < 1.29 is 14.3 Å². The molecule has 0 heterocycles. The Balaban J connectivity index is 1.84. The highest BCUT2D eigenvalue weighted by Gasteiger charge is 2.08. The van der Waals surface area contributed by atoms with Crippen LogP contribution in [0.1, 0.15) is 23.6 Å². The van der Waals surface area contributed by atoms with Gasteiger partial charge in [0.2, 0.25) is 0 Å². The second-order valence-electron chi connectivity index (χ2n) is 5.48. The summed E-state index contributed by atoms with van der Waals surface area (Å²) < 4.78 is 11.8. The van der Waals surface area contributed by atoms with E-state index in [9.17, 15) is 4.79 Å². The van der Waals surface area contributed by atoms with Crippen LogP contribution >= 0.6 is 15.9 Å². The van der Waals surface area contributed by atoms with E-state index in [1.165, 1.54) is 0 Å². The normalized spacial score (nSPS) is 10.7. The molecule has 0 unspecified atom stereocenters. The Kier molecular flexibility index (Phi) is 7.01. The zero-order valence-corrected chi connectivity index (χ0v) is 16.1. The molecular weight excluding hydrogens is 384 g/mol. The summed E-state index contributed by atoms with van der Waals surface area (Å²) in [6.07, 6.45) is 1.57. The summed E-state index contributed by atoms with van der Waals surface area (Å²) in [4.78, 5) is 11.9. The Morgan fingerprint density at radius 1 is 1.20 bits per heavy atom. The molecule has 132 valence electrons. The van der Waals surface area contributed by atoms with Crippen LogP contribution in [0.5, 0.6) is 11.5 Å². The van der Waals surface area contributed by atoms with Gasteiger partial charge in [0.15, 0.2) is 6.61 Å². The van der Waals surface area contributed by atoms with E-state index in [0.717, 1.165) is 26.9 Å². The first kappa shape index (κ1) is 19.0. The number of carbonyl (C=O) groups excluding carboxylic acids is 1. The van der Waals surface area contributed by atoms with Gasteiger partial charge < -0.3 is 9.47 Å². The predicted molar refractivity (Wildman–Crippen MR) is 102 cm³/mol. The molecule has 0 aromatic heterocycles. The van der Waals surface area contributed by atoms with E-state index in [4.69, 9.17) is 9.47 Å². The fraction of sp³-hybridized carbons (Fsp3) is 0.263. The van der Waals surface area contributed by atoms with Crippen molar-refractivity contribution in [2.75, 3.05) is 13.2 Å². The molecule has 5 nitrogen and oxygen atoms in total. The molecule has 6 heteroatoms. The van der Waals surface area contributed by atoms with Crippen LogP contribution in [0.3, 0.4) is 0 Å². The maximum absolute atomic E-state index is 11.9. The maximum Gasteiger partial charge on any atom is 0.277 e. The first-order valence-corrected chi connectivity index (χ1v) is 8.73. The Bertz CT molecular complexity index is 735. The van der Waals surface area contributed by atoms with Crippen LogP contribution in [-0.2, 0) is 4.79 Å². The van der Waals surface area contributed by atoms with Crippen molar-refractivity contribution in [1.82, 2.24) is 5.43 Å². The molecule has 0 aliphatic carbocycles. The van der Waals surface area contributed by atoms with Gasteiger partial charge >= 0.3 is 0 Å². The van der Waals surface area contributed by atoms with Crippen LogP contribution in [0.4, 0.5) is 0 Å². The summed E-state index contributed by atoms with van der Waals surface area (Å²) in [5.74, 6) is 1.14. The first-order chi connectivity index (χ1) is 12.0. The third-order valence-electron chi connectivity index (χ3n) is 3.32. The molecule has 25 heavy (non-hydrogen) atoms. The second-order valence-corrected chi connectivity index (χ2v) is 6.33. The number of ether oxygens (including phenoxy) is 2. The van der Waals surface area contributed by atoms with Crippen LogP contribution in [0.2, 0.25) is 0 Å². The van der Waals surface area contributed by atoms with E-state index >= 15 is 0 Å². The van der Waals surface area contributed by atoms with Gasteiger partial charge in [0.1, 0.15) is 11.5 Å². The topological polar surface area (TPSA) is 59.9 Å². The molecule has 2 aromatic rings. The molecule has 0 saturated carbocycles. The molecule has 0 saturated heterocycles. The van der Waals surface area contributed by atoms with Gasteiger partial charge in [0.25, 0.3) is 5.91 Å². The number of hydrazone groups is 1. The van der Waals surface area contributed by atoms with Crippen molar-refractivity contribution >= 4 is 28.1 Å². The largest absolute Gasteiger partial charge is 0.494 e. The minimum absolute atomic E-state index is 0.108. The van der Waals surface area contributed by atoms with E-state index in [1.807, 2.05) is 57.2 Å². The summed E-state index contributed by atoms with van der Waals surface area (Å²) in [6, 6.07) is 11.4. The maximum atomic E-state index is 11.9. The zero-order valence-electron chi connectivity index (χ0n) is 14.5. The quantitative estimate of drug-likeness (QED) is 0.560. The van der Waals surface area contributed by atoms with Gasteiger partial charge in [-0.2, -0.15) is 5.10 Å². The summed E-state index contributed by atoms with van der Waals surface area (Å²) in [5, 5.41) is 3.93. The molecule has 1 amide bonds. The van der Waals surface area contributed by atoms with Gasteiger partial charge in [-0.05, 0) is 83.7 Å². The highest BCUT2D eigenvalue weighted by Crippen LogP contribution is 2.30. The summed E-state index contributed by atoms with van der Waals surface area (Å²) >= 11 is 3.45. The number of hydrogen-bond donors (Lipinski definition) is 1. The molecule has 0 atom stereocenters. The lowest BCUT2D eigenvalue weighted by atomic mass is 10.1. The fourth-order valence-electron chi connectivity index (χ4n) is 2.25. The highest BCUT2D eigenvalue weighted by atomic mass is 79.9. The Morgan fingerprint density at radius 3 is 2.56 bits per heavy atom. The molecule has 0 bridgehead atoms. The van der Waals surface area contributed by atoms with Crippen LogP contribution in [0, 0.1) is 13.8 Å². The predicted octanol–water partition coefficient (Wildman–Crippen LogP) is 3.99. The van der Waals surface area contributed by atoms with E-state index in [2.05, 4.69) is 26.5 Å². The third kappa shape index (κ3) is 5.90. The van der Waals surface area contributed by atoms with Gasteiger partial charge in [-0.15, -0.1) is 0 Å². The van der Waals surface area contributed by atoms with Crippen LogP contribution in [0.15, 0.2) is 46.0 Å². The number of nitrogens with one attached hydrogen (secondary N) is 1. The summed E-state index contributed by atoms with van der Waals surface area (Å²) in [6.45, 7) is 6.39. The van der Waals surface area contributed by atoms with E-state index in [0.29, 0.717) is 12.4 Å².